The molecule has 3 aliphatic heterocycles. The Hall–Kier alpha value is -2.94. The second-order valence-electron chi connectivity index (χ2n) is 10.4. The van der Waals surface area contributed by atoms with Crippen LogP contribution in [0.3, 0.4) is 0 Å². The van der Waals surface area contributed by atoms with Crippen LogP contribution in [0.15, 0.2) is 48.5 Å². The number of benzene rings is 2. The summed E-state index contributed by atoms with van der Waals surface area (Å²) in [7, 11) is 0. The smallest absolute Gasteiger partial charge is 0.261 e. The molecule has 34 heavy (non-hydrogen) atoms. The molecular weight excluding hydrogens is 424 g/mol. The van der Waals surface area contributed by atoms with E-state index in [0.717, 1.165) is 32.2 Å². The first-order valence-electron chi connectivity index (χ1n) is 12.2. The minimum absolute atomic E-state index is 0.0852. The van der Waals surface area contributed by atoms with Gasteiger partial charge in [0.1, 0.15) is 5.60 Å². The normalized spacial score (nSPS) is 26.0. The molecule has 2 amide bonds. The maximum atomic E-state index is 13.1. The van der Waals surface area contributed by atoms with E-state index in [1.165, 1.54) is 16.0 Å². The van der Waals surface area contributed by atoms with Crippen LogP contribution in [-0.4, -0.2) is 52.5 Å². The Kier molecular flexibility index (Phi) is 5.83. The molecule has 2 aromatic carbocycles. The number of fused-ring (bicyclic) bond motifs is 2. The lowest BCUT2D eigenvalue weighted by atomic mass is 9.88. The van der Waals surface area contributed by atoms with Crippen LogP contribution in [0.1, 0.15) is 77.9 Å². The van der Waals surface area contributed by atoms with Crippen molar-refractivity contribution >= 4 is 11.8 Å². The quantitative estimate of drug-likeness (QED) is 0.499. The van der Waals surface area contributed by atoms with E-state index in [-0.39, 0.29) is 23.5 Å². The number of ether oxygens (including phenoxy) is 1. The minimum Gasteiger partial charge on any atom is -0.357 e. The Bertz CT molecular complexity index is 1160. The molecule has 1 fully saturated rings. The number of rotatable bonds is 3. The van der Waals surface area contributed by atoms with E-state index in [9.17, 15) is 9.59 Å². The number of carbonyl (C=O) groups excluding carboxylic acids is 2. The molecular formula is C29H32N2O3. The summed E-state index contributed by atoms with van der Waals surface area (Å²) in [5.41, 5.74) is 2.85. The van der Waals surface area contributed by atoms with Crippen molar-refractivity contribution in [2.75, 3.05) is 19.6 Å². The van der Waals surface area contributed by atoms with Gasteiger partial charge in [-0.3, -0.25) is 19.4 Å². The first-order chi connectivity index (χ1) is 16.3. The monoisotopic (exact) mass is 456 g/mol. The number of nitrogens with zero attached hydrogens (tertiary/aromatic N) is 2. The second kappa shape index (κ2) is 8.69. The zero-order valence-corrected chi connectivity index (χ0v) is 20.3. The molecule has 0 radical (unpaired) electrons. The van der Waals surface area contributed by atoms with Gasteiger partial charge in [-0.1, -0.05) is 48.2 Å². The van der Waals surface area contributed by atoms with Gasteiger partial charge < -0.3 is 4.74 Å². The fraction of sp³-hybridized carbons (Fsp3) is 0.448. The van der Waals surface area contributed by atoms with Crippen molar-refractivity contribution in [1.29, 1.82) is 0 Å². The summed E-state index contributed by atoms with van der Waals surface area (Å²) in [5, 5.41) is 0. The van der Waals surface area contributed by atoms with Crippen molar-refractivity contribution in [2.24, 2.45) is 0 Å². The lowest BCUT2D eigenvalue weighted by molar-refractivity contribution is -0.135. The third kappa shape index (κ3) is 4.29. The summed E-state index contributed by atoms with van der Waals surface area (Å²) in [6.07, 6.45) is 4.02. The number of hydrogen-bond donors (Lipinski definition) is 0. The summed E-state index contributed by atoms with van der Waals surface area (Å²) < 4.78 is 6.32. The van der Waals surface area contributed by atoms with Gasteiger partial charge in [0.15, 0.2) is 0 Å². The van der Waals surface area contributed by atoms with E-state index in [0.29, 0.717) is 24.2 Å². The Morgan fingerprint density at radius 1 is 0.971 bits per heavy atom. The summed E-state index contributed by atoms with van der Waals surface area (Å²) in [5.74, 6) is 6.38. The van der Waals surface area contributed by atoms with E-state index in [4.69, 9.17) is 4.74 Å². The van der Waals surface area contributed by atoms with Crippen molar-refractivity contribution in [3.63, 3.8) is 0 Å². The maximum Gasteiger partial charge on any atom is 0.261 e. The fourth-order valence-corrected chi connectivity index (χ4v) is 5.66. The number of carbonyl (C=O) groups is 2. The van der Waals surface area contributed by atoms with Gasteiger partial charge in [0, 0.05) is 13.1 Å². The van der Waals surface area contributed by atoms with Gasteiger partial charge in [0.2, 0.25) is 0 Å². The molecule has 3 heterocycles. The van der Waals surface area contributed by atoms with Gasteiger partial charge in [-0.05, 0) is 69.7 Å². The van der Waals surface area contributed by atoms with Crippen molar-refractivity contribution in [3.8, 4) is 11.8 Å². The van der Waals surface area contributed by atoms with Gasteiger partial charge in [0.05, 0.1) is 29.3 Å². The molecule has 0 spiro atoms. The van der Waals surface area contributed by atoms with E-state index >= 15 is 0 Å². The first-order valence-corrected chi connectivity index (χ1v) is 12.2. The van der Waals surface area contributed by atoms with Crippen LogP contribution >= 0.6 is 0 Å². The van der Waals surface area contributed by atoms with E-state index in [2.05, 4.69) is 55.7 Å². The molecule has 0 bridgehead atoms. The van der Waals surface area contributed by atoms with Crippen LogP contribution in [0.5, 0.6) is 0 Å². The first kappa shape index (κ1) is 22.8. The summed E-state index contributed by atoms with van der Waals surface area (Å²) in [6.45, 7) is 8.08. The second-order valence-corrected chi connectivity index (χ2v) is 10.4. The number of imide groups is 1. The predicted molar refractivity (Wildman–Crippen MR) is 131 cm³/mol. The molecule has 5 rings (SSSR count). The summed E-state index contributed by atoms with van der Waals surface area (Å²) in [4.78, 5) is 29.8. The van der Waals surface area contributed by atoms with Crippen LogP contribution < -0.4 is 0 Å². The highest BCUT2D eigenvalue weighted by atomic mass is 16.5. The molecule has 3 aliphatic rings. The SMILES string of the molecule is CC1(C)CCC[C@](C)(C#CCN2CCc3ccccc3[C@@H]2CN2C(=O)c3ccccc3C2=O)O1. The zero-order chi connectivity index (χ0) is 23.9. The largest absolute Gasteiger partial charge is 0.357 e. The van der Waals surface area contributed by atoms with Gasteiger partial charge in [-0.25, -0.2) is 0 Å². The van der Waals surface area contributed by atoms with Gasteiger partial charge in [-0.15, -0.1) is 0 Å². The maximum absolute atomic E-state index is 13.1. The van der Waals surface area contributed by atoms with Crippen LogP contribution in [0.25, 0.3) is 0 Å². The molecule has 2 aromatic rings. The zero-order valence-electron chi connectivity index (χ0n) is 20.3. The van der Waals surface area contributed by atoms with Gasteiger partial charge >= 0.3 is 0 Å². The van der Waals surface area contributed by atoms with Crippen molar-refractivity contribution in [2.45, 2.75) is 63.7 Å². The molecule has 5 nitrogen and oxygen atoms in total. The molecule has 0 aliphatic carbocycles. The molecule has 0 saturated carbocycles. The summed E-state index contributed by atoms with van der Waals surface area (Å²) >= 11 is 0. The standard InChI is InChI=1S/C29H32N2O3/c1-28(2)15-8-16-29(3,34-28)17-9-18-30-19-14-21-10-4-5-11-22(21)25(30)20-31-26(32)23-12-6-7-13-24(23)27(31)33/h4-7,10-13,25H,8,14-16,18-20H2,1-3H3/t25-,29+/m0/s1. The fourth-order valence-electron chi connectivity index (χ4n) is 5.66. The topological polar surface area (TPSA) is 49.9 Å². The Balaban J connectivity index is 1.39. The molecule has 2 atom stereocenters. The van der Waals surface area contributed by atoms with Crippen LogP contribution in [0.4, 0.5) is 0 Å². The van der Waals surface area contributed by atoms with Gasteiger partial charge in [-0.2, -0.15) is 0 Å². The average molecular weight is 457 g/mol. The van der Waals surface area contributed by atoms with E-state index < -0.39 is 5.60 Å². The number of amides is 2. The molecule has 0 unspecified atom stereocenters. The van der Waals surface area contributed by atoms with Crippen molar-refractivity contribution in [3.05, 3.63) is 70.8 Å². The molecule has 5 heteroatoms. The minimum atomic E-state index is -0.437. The van der Waals surface area contributed by atoms with Crippen molar-refractivity contribution in [1.82, 2.24) is 9.80 Å². The van der Waals surface area contributed by atoms with Gasteiger partial charge in [0.25, 0.3) is 11.8 Å². The van der Waals surface area contributed by atoms with E-state index in [1.807, 2.05) is 6.07 Å². The van der Waals surface area contributed by atoms with Crippen LogP contribution in [-0.2, 0) is 11.2 Å². The lowest BCUT2D eigenvalue weighted by Gasteiger charge is -2.40. The third-order valence-corrected chi connectivity index (χ3v) is 7.33. The average Bonchev–Trinajstić information content (AvgIpc) is 3.04. The number of hydrogen-bond acceptors (Lipinski definition) is 4. The summed E-state index contributed by atoms with van der Waals surface area (Å²) in [6, 6.07) is 15.3. The third-order valence-electron chi connectivity index (χ3n) is 7.33. The highest BCUT2D eigenvalue weighted by Crippen LogP contribution is 2.35. The molecule has 1 saturated heterocycles. The highest BCUT2D eigenvalue weighted by Gasteiger charge is 2.39. The molecule has 0 N–H and O–H groups in total. The molecule has 176 valence electrons. The predicted octanol–water partition coefficient (Wildman–Crippen LogP) is 4.62. The lowest BCUT2D eigenvalue weighted by Crippen LogP contribution is -2.44. The van der Waals surface area contributed by atoms with Crippen LogP contribution in [0.2, 0.25) is 0 Å². The van der Waals surface area contributed by atoms with E-state index in [1.54, 1.807) is 24.3 Å². The highest BCUT2D eigenvalue weighted by molar-refractivity contribution is 6.21. The van der Waals surface area contributed by atoms with Crippen LogP contribution in [0, 0.1) is 11.8 Å². The Morgan fingerprint density at radius 2 is 1.65 bits per heavy atom. The van der Waals surface area contributed by atoms with Crippen molar-refractivity contribution < 1.29 is 14.3 Å². The molecule has 0 aromatic heterocycles. The Labute approximate surface area is 202 Å². The Morgan fingerprint density at radius 3 is 2.35 bits per heavy atom.